The Balaban J connectivity index is 0.934. The number of piperidine rings is 4. The summed E-state index contributed by atoms with van der Waals surface area (Å²) in [4.78, 5) is 0. The highest BCUT2D eigenvalue weighted by molar-refractivity contribution is 5.84. The molecule has 1 aliphatic carbocycles. The monoisotopic (exact) mass is 969 g/mol. The lowest BCUT2D eigenvalue weighted by atomic mass is 9.70. The van der Waals surface area contributed by atoms with Crippen molar-refractivity contribution in [1.29, 1.82) is 0 Å². The van der Waals surface area contributed by atoms with E-state index in [-0.39, 0.29) is 5.41 Å². The number of halogens is 6. The minimum absolute atomic E-state index is 0.217. The van der Waals surface area contributed by atoms with Crippen molar-refractivity contribution in [3.8, 4) is 22.3 Å². The first kappa shape index (κ1) is 51.3. The van der Waals surface area contributed by atoms with Crippen molar-refractivity contribution in [3.05, 3.63) is 118 Å². The Morgan fingerprint density at radius 1 is 0.429 bits per heavy atom. The van der Waals surface area contributed by atoms with Gasteiger partial charge in [0.05, 0.1) is 52.4 Å². The van der Waals surface area contributed by atoms with Gasteiger partial charge in [-0.3, -0.25) is 0 Å². The molecule has 8 heteroatoms. The van der Waals surface area contributed by atoms with Crippen molar-refractivity contribution in [3.63, 3.8) is 0 Å². The van der Waals surface area contributed by atoms with Crippen molar-refractivity contribution in [2.75, 3.05) is 52.4 Å². The van der Waals surface area contributed by atoms with Crippen LogP contribution in [0.4, 0.5) is 26.3 Å². The van der Waals surface area contributed by atoms with Gasteiger partial charge < -0.3 is 8.97 Å². The summed E-state index contributed by atoms with van der Waals surface area (Å²) in [5.41, 5.74) is 2.34. The molecule has 0 saturated carbocycles. The fourth-order valence-corrected chi connectivity index (χ4v) is 14.8. The third-order valence-electron chi connectivity index (χ3n) is 19.0. The third-order valence-corrected chi connectivity index (χ3v) is 19.0. The summed E-state index contributed by atoms with van der Waals surface area (Å²) in [6, 6.07) is 22.9. The SMILES string of the molecule is Cc1ccc(C(c2ccc(-c3ccc4c(c3)C(CCCCCCC3CC[N+]5(CCCCC5)CC3)(CCCCCCC3CC[N+]5(CCCCC5)CC3)c3cc(C)ccc3-4)cc2)(C(F)(F)F)C(F)(F)F)cc1. The molecule has 4 aliphatic heterocycles. The molecule has 4 aromatic carbocycles. The number of quaternary nitrogens is 2. The molecule has 2 nitrogen and oxygen atoms in total. The lowest BCUT2D eigenvalue weighted by Crippen LogP contribution is -2.55. The summed E-state index contributed by atoms with van der Waals surface area (Å²) in [6.07, 6.45) is 17.2. The highest BCUT2D eigenvalue weighted by atomic mass is 19.4. The van der Waals surface area contributed by atoms with Crippen LogP contribution in [0.25, 0.3) is 22.3 Å². The highest BCUT2D eigenvalue weighted by Crippen LogP contribution is 2.58. The van der Waals surface area contributed by atoms with Gasteiger partial charge in [-0.1, -0.05) is 154 Å². The van der Waals surface area contributed by atoms with E-state index in [0.29, 0.717) is 11.1 Å². The van der Waals surface area contributed by atoms with Crippen LogP contribution in [0.3, 0.4) is 0 Å². The zero-order chi connectivity index (χ0) is 49.0. The molecule has 5 aliphatic rings. The minimum atomic E-state index is -5.63. The first-order valence-corrected chi connectivity index (χ1v) is 27.9. The molecular weight excluding hydrogens is 887 g/mol. The maximum absolute atomic E-state index is 15.1. The average Bonchev–Trinajstić information content (AvgIpc) is 3.60. The molecule has 0 radical (unpaired) electrons. The van der Waals surface area contributed by atoms with Crippen molar-refractivity contribution >= 4 is 0 Å². The highest BCUT2D eigenvalue weighted by Gasteiger charge is 2.72. The van der Waals surface area contributed by atoms with Gasteiger partial charge in [-0.2, -0.15) is 26.3 Å². The fraction of sp³-hybridized carbons (Fsp3) is 0.613. The van der Waals surface area contributed by atoms with Crippen LogP contribution in [-0.2, 0) is 10.8 Å². The van der Waals surface area contributed by atoms with E-state index in [4.69, 9.17) is 0 Å². The van der Waals surface area contributed by atoms with Gasteiger partial charge in [0.1, 0.15) is 0 Å². The normalized spacial score (nSPS) is 22.6. The molecule has 4 saturated heterocycles. The van der Waals surface area contributed by atoms with Gasteiger partial charge in [0.25, 0.3) is 0 Å². The van der Waals surface area contributed by atoms with Crippen LogP contribution in [0.5, 0.6) is 0 Å². The number of unbranched alkanes of at least 4 members (excludes halogenated alkanes) is 6. The van der Waals surface area contributed by atoms with Crippen LogP contribution in [0.1, 0.15) is 175 Å². The smallest absolute Gasteiger partial charge is 0.324 e. The van der Waals surface area contributed by atoms with Crippen LogP contribution in [-0.4, -0.2) is 73.7 Å². The quantitative estimate of drug-likeness (QED) is 0.0562. The van der Waals surface area contributed by atoms with E-state index in [1.165, 1.54) is 229 Å². The number of benzene rings is 4. The second kappa shape index (κ2) is 21.5. The number of hydrogen-bond donors (Lipinski definition) is 0. The molecule has 0 N–H and O–H groups in total. The molecule has 4 aromatic rings. The molecule has 9 rings (SSSR count). The molecule has 0 aromatic heterocycles. The summed E-state index contributed by atoms with van der Waals surface area (Å²) in [7, 11) is 0. The summed E-state index contributed by atoms with van der Waals surface area (Å²) in [5.74, 6) is 1.74. The predicted molar refractivity (Wildman–Crippen MR) is 275 cm³/mol. The third kappa shape index (κ3) is 10.6. The Morgan fingerprint density at radius 3 is 1.30 bits per heavy atom. The molecule has 2 spiro atoms. The number of rotatable bonds is 17. The van der Waals surface area contributed by atoms with Gasteiger partial charge in [-0.15, -0.1) is 0 Å². The maximum atomic E-state index is 15.1. The number of hydrogen-bond acceptors (Lipinski definition) is 0. The van der Waals surface area contributed by atoms with Gasteiger partial charge >= 0.3 is 12.4 Å². The van der Waals surface area contributed by atoms with Crippen molar-refractivity contribution in [2.24, 2.45) is 11.8 Å². The molecule has 0 unspecified atom stereocenters. The Hall–Kier alpha value is -3.62. The minimum Gasteiger partial charge on any atom is -0.324 e. The van der Waals surface area contributed by atoms with E-state index in [2.05, 4.69) is 37.3 Å². The topological polar surface area (TPSA) is 0 Å². The average molecular weight is 969 g/mol. The van der Waals surface area contributed by atoms with Crippen LogP contribution in [0, 0.1) is 25.7 Å². The summed E-state index contributed by atoms with van der Waals surface area (Å²) >= 11 is 0. The van der Waals surface area contributed by atoms with Gasteiger partial charge in [0, 0.05) is 5.41 Å². The molecule has 0 amide bonds. The second-order valence-electron chi connectivity index (χ2n) is 23.5. The van der Waals surface area contributed by atoms with Crippen LogP contribution >= 0.6 is 0 Å². The van der Waals surface area contributed by atoms with E-state index < -0.39 is 28.9 Å². The van der Waals surface area contributed by atoms with Gasteiger partial charge in [-0.25, -0.2) is 0 Å². The van der Waals surface area contributed by atoms with Crippen molar-refractivity contribution in [2.45, 2.75) is 178 Å². The maximum Gasteiger partial charge on any atom is 0.411 e. The van der Waals surface area contributed by atoms with E-state index in [0.717, 1.165) is 67.3 Å². The summed E-state index contributed by atoms with van der Waals surface area (Å²) < 4.78 is 93.2. The zero-order valence-corrected chi connectivity index (χ0v) is 42.6. The van der Waals surface area contributed by atoms with Crippen molar-refractivity contribution < 1.29 is 35.3 Å². The molecular formula is C62H82F6N2+2. The van der Waals surface area contributed by atoms with E-state index in [1.807, 2.05) is 6.07 Å². The van der Waals surface area contributed by atoms with Crippen LogP contribution in [0.15, 0.2) is 84.9 Å². The molecule has 0 atom stereocenters. The fourth-order valence-electron chi connectivity index (χ4n) is 14.8. The Bertz CT molecular complexity index is 2250. The zero-order valence-electron chi connectivity index (χ0n) is 42.6. The van der Waals surface area contributed by atoms with Gasteiger partial charge in [-0.05, 0) is 153 Å². The van der Waals surface area contributed by atoms with E-state index in [9.17, 15) is 0 Å². The molecule has 4 heterocycles. The Kier molecular flexibility index (Phi) is 15.7. The molecule has 380 valence electrons. The van der Waals surface area contributed by atoms with Gasteiger partial charge in [0.15, 0.2) is 0 Å². The first-order valence-electron chi connectivity index (χ1n) is 27.9. The lowest BCUT2D eigenvalue weighted by Gasteiger charge is -2.46. The Morgan fingerprint density at radius 2 is 0.829 bits per heavy atom. The number of fused-ring (bicyclic) bond motifs is 3. The molecule has 0 bridgehead atoms. The summed E-state index contributed by atoms with van der Waals surface area (Å²) in [5, 5.41) is 0. The largest absolute Gasteiger partial charge is 0.411 e. The molecule has 70 heavy (non-hydrogen) atoms. The van der Waals surface area contributed by atoms with Crippen LogP contribution in [0.2, 0.25) is 0 Å². The number of alkyl halides is 6. The first-order chi connectivity index (χ1) is 33.7. The Labute approximate surface area is 416 Å². The molecule has 4 fully saturated rings. The predicted octanol–water partition coefficient (Wildman–Crippen LogP) is 17.2. The standard InChI is InChI=1S/C62H82F6N2/c1-47-19-25-53(26-20-47)60(61(63,64)65,62(66,67)68)54-27-22-51(23-28-54)52-24-30-56-55-29-21-48(2)45-57(55)59(58(56)46-52,35-11-5-3-9-17-49-31-41-69(42-32-49)37-13-7-14-38-69)36-12-6-4-10-18-50-33-43-70(44-34-50)39-15-8-16-40-70/h19-30,45-46,49-50H,3-18,31-44H2,1-2H3/q+2. The van der Waals surface area contributed by atoms with Crippen LogP contribution < -0.4 is 0 Å². The lowest BCUT2D eigenvalue weighted by molar-refractivity contribution is -0.937. The second-order valence-corrected chi connectivity index (χ2v) is 23.5. The van der Waals surface area contributed by atoms with Crippen molar-refractivity contribution in [1.82, 2.24) is 0 Å². The summed E-state index contributed by atoms with van der Waals surface area (Å²) in [6.45, 7) is 14.9. The number of nitrogens with zero attached hydrogens (tertiary/aromatic N) is 2. The van der Waals surface area contributed by atoms with E-state index >= 15 is 26.3 Å². The number of aryl methyl sites for hydroxylation is 2. The van der Waals surface area contributed by atoms with Gasteiger partial charge in [0.2, 0.25) is 5.41 Å². The van der Waals surface area contributed by atoms with E-state index in [1.54, 1.807) is 6.92 Å².